The summed E-state index contributed by atoms with van der Waals surface area (Å²) in [7, 11) is 1.56. The molecule has 0 radical (unpaired) electrons. The third-order valence-corrected chi connectivity index (χ3v) is 3.56. The summed E-state index contributed by atoms with van der Waals surface area (Å²) in [6.45, 7) is 3.25. The molecule has 0 aliphatic heterocycles. The van der Waals surface area contributed by atoms with Crippen molar-refractivity contribution in [2.75, 3.05) is 20.2 Å². The van der Waals surface area contributed by atoms with Gasteiger partial charge >= 0.3 is 12.0 Å². The van der Waals surface area contributed by atoms with Crippen LogP contribution in [-0.4, -0.2) is 52.9 Å². The van der Waals surface area contributed by atoms with Crippen LogP contribution in [0.2, 0.25) is 0 Å². The molecule has 0 saturated heterocycles. The highest BCUT2D eigenvalue weighted by Crippen LogP contribution is 2.16. The molecule has 116 valence electrons. The number of urea groups is 1. The van der Waals surface area contributed by atoms with Gasteiger partial charge in [-0.05, 0) is 19.4 Å². The van der Waals surface area contributed by atoms with Crippen molar-refractivity contribution in [3.63, 3.8) is 0 Å². The van der Waals surface area contributed by atoms with Crippen molar-refractivity contribution in [2.45, 2.75) is 25.3 Å². The number of aliphatic hydroxyl groups excluding tert-OH is 1. The predicted octanol–water partition coefficient (Wildman–Crippen LogP) is 1.27. The minimum atomic E-state index is -0.995. The maximum absolute atomic E-state index is 12.0. The maximum atomic E-state index is 12.0. The number of hydrogen-bond donors (Lipinski definition) is 3. The minimum absolute atomic E-state index is 0.00989. The molecule has 6 nitrogen and oxygen atoms in total. The van der Waals surface area contributed by atoms with Crippen molar-refractivity contribution in [2.24, 2.45) is 0 Å². The van der Waals surface area contributed by atoms with E-state index in [9.17, 15) is 19.8 Å². The lowest BCUT2D eigenvalue weighted by Gasteiger charge is -2.34. The van der Waals surface area contributed by atoms with Crippen LogP contribution >= 0.6 is 0 Å². The van der Waals surface area contributed by atoms with E-state index in [1.165, 1.54) is 4.90 Å². The van der Waals surface area contributed by atoms with Crippen molar-refractivity contribution >= 4 is 12.0 Å². The Morgan fingerprint density at radius 2 is 1.86 bits per heavy atom. The van der Waals surface area contributed by atoms with Gasteiger partial charge in [-0.3, -0.25) is 4.79 Å². The molecule has 0 heterocycles. The van der Waals surface area contributed by atoms with Gasteiger partial charge in [0.25, 0.3) is 0 Å². The number of benzene rings is 1. The topological polar surface area (TPSA) is 89.9 Å². The summed E-state index contributed by atoms with van der Waals surface area (Å²) in [5.41, 5.74) is -0.0791. The molecule has 3 N–H and O–H groups in total. The maximum Gasteiger partial charge on any atom is 0.317 e. The van der Waals surface area contributed by atoms with E-state index in [1.807, 2.05) is 0 Å². The van der Waals surface area contributed by atoms with E-state index in [0.29, 0.717) is 5.56 Å². The van der Waals surface area contributed by atoms with Gasteiger partial charge in [0.2, 0.25) is 0 Å². The molecule has 21 heavy (non-hydrogen) atoms. The molecule has 6 heteroatoms. The monoisotopic (exact) mass is 294 g/mol. The Bertz CT molecular complexity index is 488. The smallest absolute Gasteiger partial charge is 0.317 e. The van der Waals surface area contributed by atoms with Gasteiger partial charge < -0.3 is 20.4 Å². The quantitative estimate of drug-likeness (QED) is 0.737. The molecule has 0 fully saturated rings. The molecule has 1 atom stereocenters. The largest absolute Gasteiger partial charge is 0.481 e. The zero-order valence-electron chi connectivity index (χ0n) is 12.5. The van der Waals surface area contributed by atoms with Crippen LogP contribution in [0.4, 0.5) is 4.79 Å². The number of aliphatic hydroxyl groups is 1. The fourth-order valence-corrected chi connectivity index (χ4v) is 1.72. The highest BCUT2D eigenvalue weighted by molar-refractivity contribution is 5.79. The average molecular weight is 294 g/mol. The first-order valence-corrected chi connectivity index (χ1v) is 6.70. The van der Waals surface area contributed by atoms with Crippen LogP contribution in [0.1, 0.15) is 25.3 Å². The second-order valence-corrected chi connectivity index (χ2v) is 5.52. The van der Waals surface area contributed by atoms with Crippen molar-refractivity contribution < 1.29 is 19.8 Å². The Balaban J connectivity index is 2.71. The molecule has 0 aliphatic carbocycles. The Kier molecular flexibility index (Phi) is 5.72. The number of nitrogens with one attached hydrogen (secondary N) is 1. The molecular weight excluding hydrogens is 272 g/mol. The number of amides is 2. The van der Waals surface area contributed by atoms with E-state index < -0.39 is 23.5 Å². The molecule has 0 saturated carbocycles. The van der Waals surface area contributed by atoms with Crippen LogP contribution in [0, 0.1) is 0 Å². The van der Waals surface area contributed by atoms with Gasteiger partial charge in [-0.25, -0.2) is 4.79 Å². The van der Waals surface area contributed by atoms with Gasteiger partial charge in [0, 0.05) is 13.6 Å². The van der Waals surface area contributed by atoms with E-state index in [2.05, 4.69) is 5.32 Å². The first-order chi connectivity index (χ1) is 9.79. The Labute approximate surface area is 124 Å². The molecule has 0 bridgehead atoms. The highest BCUT2D eigenvalue weighted by atomic mass is 16.4. The Hall–Kier alpha value is -2.08. The molecule has 0 aromatic heterocycles. The fraction of sp³-hybridized carbons (Fsp3) is 0.467. The minimum Gasteiger partial charge on any atom is -0.481 e. The number of carbonyl (C=O) groups excluding carboxylic acids is 1. The van der Waals surface area contributed by atoms with Gasteiger partial charge in [-0.1, -0.05) is 30.3 Å². The number of carboxylic acids is 1. The summed E-state index contributed by atoms with van der Waals surface area (Å²) in [5.74, 6) is -1.80. The normalized spacial score (nSPS) is 12.6. The third kappa shape index (κ3) is 4.46. The number of carbonyl (C=O) groups is 2. The van der Waals surface area contributed by atoms with E-state index in [0.717, 1.165) is 0 Å². The average Bonchev–Trinajstić information content (AvgIpc) is 2.47. The van der Waals surface area contributed by atoms with Crippen LogP contribution in [0.15, 0.2) is 30.3 Å². The summed E-state index contributed by atoms with van der Waals surface area (Å²) in [5, 5.41) is 21.1. The standard InChI is InChI=1S/C15H22N2O4/c1-15(2,10-18)17(3)14(21)16-9-12(13(19)20)11-7-5-4-6-8-11/h4-8,12,18H,9-10H2,1-3H3,(H,16,21)(H,19,20). The number of rotatable bonds is 6. The van der Waals surface area contributed by atoms with Gasteiger partial charge in [0.05, 0.1) is 18.1 Å². The van der Waals surface area contributed by atoms with E-state index in [-0.39, 0.29) is 13.2 Å². The van der Waals surface area contributed by atoms with Gasteiger partial charge in [0.15, 0.2) is 0 Å². The summed E-state index contributed by atoms with van der Waals surface area (Å²) >= 11 is 0. The number of hydrogen-bond acceptors (Lipinski definition) is 3. The molecule has 2 amide bonds. The van der Waals surface area contributed by atoms with E-state index >= 15 is 0 Å². The SMILES string of the molecule is CN(C(=O)NCC(C(=O)O)c1ccccc1)C(C)(C)CO. The number of carboxylic acid groups (broad SMARTS) is 1. The summed E-state index contributed by atoms with van der Waals surface area (Å²) in [6, 6.07) is 8.33. The molecule has 0 aliphatic rings. The van der Waals surface area contributed by atoms with Crippen LogP contribution in [-0.2, 0) is 4.79 Å². The van der Waals surface area contributed by atoms with E-state index in [1.54, 1.807) is 51.2 Å². The van der Waals surface area contributed by atoms with Crippen molar-refractivity contribution in [3.8, 4) is 0 Å². The number of aliphatic carboxylic acids is 1. The second-order valence-electron chi connectivity index (χ2n) is 5.52. The number of likely N-dealkylation sites (N-methyl/N-ethyl adjacent to an activating group) is 1. The molecule has 1 unspecified atom stereocenters. The first-order valence-electron chi connectivity index (χ1n) is 6.70. The number of nitrogens with zero attached hydrogens (tertiary/aromatic N) is 1. The zero-order valence-corrected chi connectivity index (χ0v) is 12.5. The fourth-order valence-electron chi connectivity index (χ4n) is 1.72. The van der Waals surface area contributed by atoms with Crippen LogP contribution in [0.25, 0.3) is 0 Å². The zero-order chi connectivity index (χ0) is 16.0. The lowest BCUT2D eigenvalue weighted by Crippen LogP contribution is -2.52. The second kappa shape index (κ2) is 7.08. The Morgan fingerprint density at radius 1 is 1.29 bits per heavy atom. The van der Waals surface area contributed by atoms with Crippen LogP contribution < -0.4 is 5.32 Å². The van der Waals surface area contributed by atoms with Crippen LogP contribution in [0.3, 0.4) is 0 Å². The Morgan fingerprint density at radius 3 is 2.33 bits per heavy atom. The van der Waals surface area contributed by atoms with Gasteiger partial charge in [-0.15, -0.1) is 0 Å². The summed E-state index contributed by atoms with van der Waals surface area (Å²) < 4.78 is 0. The first kappa shape index (κ1) is 17.0. The van der Waals surface area contributed by atoms with Crippen molar-refractivity contribution in [3.05, 3.63) is 35.9 Å². The van der Waals surface area contributed by atoms with Crippen molar-refractivity contribution in [1.82, 2.24) is 10.2 Å². The molecule has 0 spiro atoms. The van der Waals surface area contributed by atoms with Crippen LogP contribution in [0.5, 0.6) is 0 Å². The summed E-state index contributed by atoms with van der Waals surface area (Å²) in [4.78, 5) is 24.7. The van der Waals surface area contributed by atoms with E-state index in [4.69, 9.17) is 0 Å². The molecule has 1 aromatic carbocycles. The third-order valence-electron chi connectivity index (χ3n) is 3.56. The lowest BCUT2D eigenvalue weighted by molar-refractivity contribution is -0.138. The summed E-state index contributed by atoms with van der Waals surface area (Å²) in [6.07, 6.45) is 0. The predicted molar refractivity (Wildman–Crippen MR) is 79.1 cm³/mol. The van der Waals surface area contributed by atoms with Crippen molar-refractivity contribution in [1.29, 1.82) is 0 Å². The highest BCUT2D eigenvalue weighted by Gasteiger charge is 2.28. The van der Waals surface area contributed by atoms with Gasteiger partial charge in [-0.2, -0.15) is 0 Å². The lowest BCUT2D eigenvalue weighted by atomic mass is 9.99. The molecular formula is C15H22N2O4. The molecule has 1 rings (SSSR count). The van der Waals surface area contributed by atoms with Gasteiger partial charge in [0.1, 0.15) is 0 Å². The molecule has 1 aromatic rings.